The van der Waals surface area contributed by atoms with E-state index in [1.54, 1.807) is 25.3 Å². The standard InChI is InChI=1S/C48H65N9O6S/c1-10-55-38-16-15-30-21-33(38)34(43(55)32-13-11-18-49-41(32)29(4)62-9)23-48(5,6)27-63-46(60)35-14-12-19-57(52-35)45(59)36(22-40-50-37(30)26-64-40)51-44(58)42(28(2)3)54(8)47(61)56-20-17-31-24-53(7)25-39(31)56/h11,13,15-16,18,21,26,28-29,31,35-36,39,42,52H,10,12,14,17,19-20,22-25,27H2,1-9H3,(H,51,58)/t29-,31+,35-,36-,39-,42?/m0/s1. The molecule has 6 bridgehead atoms. The van der Waals surface area contributed by atoms with Gasteiger partial charge in [-0.05, 0) is 88.2 Å². The van der Waals surface area contributed by atoms with Crippen molar-refractivity contribution in [3.8, 4) is 22.5 Å². The first-order valence-corrected chi connectivity index (χ1v) is 23.8. The molecule has 1 unspecified atom stereocenters. The molecule has 3 saturated heterocycles. The van der Waals surface area contributed by atoms with E-state index in [1.807, 2.05) is 37.1 Å². The summed E-state index contributed by atoms with van der Waals surface area (Å²) >= 11 is 1.44. The maximum Gasteiger partial charge on any atom is 0.324 e. The van der Waals surface area contributed by atoms with E-state index in [2.05, 4.69) is 72.3 Å². The van der Waals surface area contributed by atoms with Gasteiger partial charge in [-0.2, -0.15) is 0 Å². The summed E-state index contributed by atoms with van der Waals surface area (Å²) in [6, 6.07) is 7.81. The van der Waals surface area contributed by atoms with Crippen molar-refractivity contribution >= 4 is 46.1 Å². The highest BCUT2D eigenvalue weighted by atomic mass is 32.1. The molecule has 7 heterocycles. The number of rotatable bonds is 8. The summed E-state index contributed by atoms with van der Waals surface area (Å²) in [5, 5.41) is 8.28. The number of amides is 4. The Balaban J connectivity index is 1.16. The molecule has 0 saturated carbocycles. The normalized spacial score (nSPS) is 23.8. The van der Waals surface area contributed by atoms with Crippen LogP contribution in [0, 0.1) is 17.3 Å². The Kier molecular flexibility index (Phi) is 13.2. The summed E-state index contributed by atoms with van der Waals surface area (Å²) in [7, 11) is 5.46. The Labute approximate surface area is 380 Å². The van der Waals surface area contributed by atoms with Gasteiger partial charge in [0.2, 0.25) is 5.91 Å². The lowest BCUT2D eigenvalue weighted by Crippen LogP contribution is -2.62. The number of hydrogen-bond donors (Lipinski definition) is 2. The molecule has 0 aliphatic carbocycles. The Morgan fingerprint density at radius 3 is 2.67 bits per heavy atom. The number of aromatic nitrogens is 3. The highest BCUT2D eigenvalue weighted by Gasteiger charge is 2.45. The second kappa shape index (κ2) is 18.5. The number of benzene rings is 1. The molecule has 16 heteroatoms. The lowest BCUT2D eigenvalue weighted by molar-refractivity contribution is -0.155. The molecule has 4 aliphatic heterocycles. The van der Waals surface area contributed by atoms with E-state index < -0.39 is 35.4 Å². The molecule has 64 heavy (non-hydrogen) atoms. The van der Waals surface area contributed by atoms with Crippen molar-refractivity contribution in [3.05, 3.63) is 58.2 Å². The zero-order valence-corrected chi connectivity index (χ0v) is 39.7. The van der Waals surface area contributed by atoms with Gasteiger partial charge in [0.05, 0.1) is 40.8 Å². The van der Waals surface area contributed by atoms with E-state index in [4.69, 9.17) is 19.4 Å². The van der Waals surface area contributed by atoms with Crippen molar-refractivity contribution in [2.45, 2.75) is 110 Å². The molecule has 6 atom stereocenters. The number of fused-ring (bicyclic) bond motifs is 7. The topological polar surface area (TPSA) is 154 Å². The van der Waals surface area contributed by atoms with Gasteiger partial charge >= 0.3 is 12.0 Å². The number of likely N-dealkylation sites (N-methyl/N-ethyl adjacent to an activating group) is 2. The average molecular weight is 896 g/mol. The largest absolute Gasteiger partial charge is 0.464 e. The molecule has 4 amide bonds. The molecule has 1 aromatic carbocycles. The number of carbonyl (C=O) groups is 4. The van der Waals surface area contributed by atoms with Crippen LogP contribution in [-0.2, 0) is 43.2 Å². The van der Waals surface area contributed by atoms with Gasteiger partial charge in [-0.1, -0.05) is 33.8 Å². The fourth-order valence-corrected chi connectivity index (χ4v) is 11.3. The molecule has 2 N–H and O–H groups in total. The van der Waals surface area contributed by atoms with Crippen molar-refractivity contribution in [2.75, 3.05) is 54.0 Å². The third-order valence-electron chi connectivity index (χ3n) is 13.7. The summed E-state index contributed by atoms with van der Waals surface area (Å²) in [4.78, 5) is 72.8. The van der Waals surface area contributed by atoms with E-state index in [-0.39, 0.29) is 43.0 Å². The number of aryl methyl sites for hydroxylation is 1. The minimum Gasteiger partial charge on any atom is -0.464 e. The lowest BCUT2D eigenvalue weighted by Gasteiger charge is -2.37. The number of thiazole rings is 1. The number of urea groups is 1. The minimum atomic E-state index is -1.03. The molecule has 8 rings (SSSR count). The van der Waals surface area contributed by atoms with Crippen LogP contribution in [0.15, 0.2) is 41.9 Å². The summed E-state index contributed by atoms with van der Waals surface area (Å²) in [5.74, 6) is -1.05. The number of pyridine rings is 1. The second-order valence-corrected chi connectivity index (χ2v) is 20.3. The van der Waals surface area contributed by atoms with Gasteiger partial charge in [-0.25, -0.2) is 15.2 Å². The SMILES string of the molecule is CCn1c(-c2cccnc2[C@H](C)OC)c2c3cc(ccc31)-c1csc(n1)C[C@H](NC(=O)C(C(C)C)N(C)C(=O)N1CC[C@@H]3CN(C)C[C@@H]31)C(=O)N1CCC[C@H](N1)C(=O)OCC(C)(C)C2. The Hall–Kier alpha value is -4.90. The van der Waals surface area contributed by atoms with E-state index in [0.717, 1.165) is 64.2 Å². The molecule has 3 aromatic heterocycles. The number of esters is 1. The Bertz CT molecular complexity index is 2390. The number of carbonyl (C=O) groups excluding carboxylic acids is 4. The van der Waals surface area contributed by atoms with Crippen molar-refractivity contribution < 1.29 is 28.7 Å². The maximum atomic E-state index is 14.6. The van der Waals surface area contributed by atoms with Gasteiger partial charge in [-0.15, -0.1) is 11.3 Å². The summed E-state index contributed by atoms with van der Waals surface area (Å²) in [6.45, 7) is 15.8. The van der Waals surface area contributed by atoms with Gasteiger partial charge in [-0.3, -0.25) is 24.4 Å². The van der Waals surface area contributed by atoms with Crippen molar-refractivity contribution in [1.29, 1.82) is 0 Å². The van der Waals surface area contributed by atoms with E-state index in [0.29, 0.717) is 49.8 Å². The second-order valence-electron chi connectivity index (χ2n) is 19.4. The zero-order valence-electron chi connectivity index (χ0n) is 38.8. The molecule has 0 radical (unpaired) electrons. The monoisotopic (exact) mass is 895 g/mol. The fourth-order valence-electron chi connectivity index (χ4n) is 10.5. The molecule has 4 aromatic rings. The van der Waals surface area contributed by atoms with Crippen LogP contribution >= 0.6 is 11.3 Å². The van der Waals surface area contributed by atoms with Crippen LogP contribution in [0.2, 0.25) is 0 Å². The number of nitrogens with one attached hydrogen (secondary N) is 2. The van der Waals surface area contributed by atoms with Gasteiger partial charge < -0.3 is 34.1 Å². The first-order valence-electron chi connectivity index (χ1n) is 22.9. The van der Waals surface area contributed by atoms with Crippen LogP contribution in [0.1, 0.15) is 83.2 Å². The van der Waals surface area contributed by atoms with Crippen LogP contribution < -0.4 is 10.7 Å². The predicted octanol–water partition coefficient (Wildman–Crippen LogP) is 5.91. The number of hydrazine groups is 1. The molecule has 3 fully saturated rings. The summed E-state index contributed by atoms with van der Waals surface area (Å²) in [6.07, 6.45) is 4.27. The van der Waals surface area contributed by atoms with Crippen LogP contribution in [0.25, 0.3) is 33.4 Å². The fraction of sp³-hybridized carbons (Fsp3) is 0.583. The van der Waals surface area contributed by atoms with Gasteiger partial charge in [0.1, 0.15) is 18.1 Å². The first-order chi connectivity index (χ1) is 30.6. The van der Waals surface area contributed by atoms with Gasteiger partial charge in [0.15, 0.2) is 0 Å². The molecule has 344 valence electrons. The maximum absolute atomic E-state index is 14.6. The van der Waals surface area contributed by atoms with E-state index >= 15 is 0 Å². The summed E-state index contributed by atoms with van der Waals surface area (Å²) < 4.78 is 14.3. The van der Waals surface area contributed by atoms with Crippen LogP contribution in [0.5, 0.6) is 0 Å². The number of nitrogens with zero attached hydrogens (tertiary/aromatic N) is 7. The van der Waals surface area contributed by atoms with Crippen LogP contribution in [0.4, 0.5) is 4.79 Å². The number of cyclic esters (lactones) is 1. The van der Waals surface area contributed by atoms with E-state index in [9.17, 15) is 19.2 Å². The number of likely N-dealkylation sites (tertiary alicyclic amines) is 2. The lowest BCUT2D eigenvalue weighted by atomic mass is 9.84. The van der Waals surface area contributed by atoms with Crippen molar-refractivity contribution in [2.24, 2.45) is 17.3 Å². The van der Waals surface area contributed by atoms with Gasteiger partial charge in [0, 0.05) is 92.3 Å². The smallest absolute Gasteiger partial charge is 0.324 e. The van der Waals surface area contributed by atoms with Crippen molar-refractivity contribution in [3.63, 3.8) is 0 Å². The third kappa shape index (κ3) is 8.90. The number of methoxy groups -OCH3 is 1. The Morgan fingerprint density at radius 2 is 1.92 bits per heavy atom. The molecule has 4 aliphatic rings. The zero-order chi connectivity index (χ0) is 45.6. The molecule has 0 spiro atoms. The summed E-state index contributed by atoms with van der Waals surface area (Å²) in [5.41, 5.74) is 9.44. The predicted molar refractivity (Wildman–Crippen MR) is 247 cm³/mol. The van der Waals surface area contributed by atoms with Crippen LogP contribution in [0.3, 0.4) is 0 Å². The first kappa shape index (κ1) is 45.7. The molecule has 15 nitrogen and oxygen atoms in total. The highest BCUT2D eigenvalue weighted by Crippen LogP contribution is 2.42. The van der Waals surface area contributed by atoms with E-state index in [1.165, 1.54) is 16.3 Å². The molecular formula is C48H65N9O6S. The third-order valence-corrected chi connectivity index (χ3v) is 14.6. The number of hydrogen-bond acceptors (Lipinski definition) is 11. The van der Waals surface area contributed by atoms with Gasteiger partial charge in [0.25, 0.3) is 5.91 Å². The van der Waals surface area contributed by atoms with Crippen LogP contribution in [-0.4, -0.2) is 136 Å². The van der Waals surface area contributed by atoms with Crippen molar-refractivity contribution in [1.82, 2.24) is 45.0 Å². The Morgan fingerprint density at radius 1 is 1.12 bits per heavy atom. The quantitative estimate of drug-likeness (QED) is 0.204. The minimum absolute atomic E-state index is 0.118. The highest BCUT2D eigenvalue weighted by molar-refractivity contribution is 7.10. The average Bonchev–Trinajstić information content (AvgIpc) is 4.06. The number of ether oxygens (including phenoxy) is 2. The molecular weight excluding hydrogens is 831 g/mol.